The third-order valence-corrected chi connectivity index (χ3v) is 12.9. The minimum Gasteiger partial charge on any atom is -0.336 e. The molecule has 2 heteroatoms. The Morgan fingerprint density at radius 3 is 2.45 bits per heavy atom. The van der Waals surface area contributed by atoms with Crippen LogP contribution < -0.4 is 0 Å². The average molecular weight is 562 g/mol. The fourth-order valence-electron chi connectivity index (χ4n) is 10.9. The number of rotatable bonds is 7. The Labute approximate surface area is 254 Å². The van der Waals surface area contributed by atoms with Gasteiger partial charge in [0.2, 0.25) is 0 Å². The first-order chi connectivity index (χ1) is 20.2. The minimum atomic E-state index is -0.0585. The second-order valence-corrected chi connectivity index (χ2v) is 15.6. The number of fused-ring (bicyclic) bond motifs is 8. The van der Waals surface area contributed by atoms with Gasteiger partial charge in [0.25, 0.3) is 0 Å². The Kier molecular flexibility index (Phi) is 7.06. The molecule has 2 nitrogen and oxygen atoms in total. The highest BCUT2D eigenvalue weighted by Gasteiger charge is 2.61. The van der Waals surface area contributed by atoms with E-state index < -0.39 is 0 Å². The zero-order valence-electron chi connectivity index (χ0n) is 26.7. The molecule has 0 N–H and O–H groups in total. The van der Waals surface area contributed by atoms with E-state index in [0.717, 1.165) is 42.7 Å². The molecular weight excluding hydrogens is 510 g/mol. The van der Waals surface area contributed by atoms with Crippen LogP contribution in [-0.4, -0.2) is 10.4 Å². The van der Waals surface area contributed by atoms with Crippen LogP contribution in [0.3, 0.4) is 0 Å². The molecule has 1 aromatic heterocycles. The quantitative estimate of drug-likeness (QED) is 0.281. The molecule has 0 saturated heterocycles. The van der Waals surface area contributed by atoms with Gasteiger partial charge >= 0.3 is 0 Å². The third-order valence-electron chi connectivity index (χ3n) is 12.9. The molecule has 3 saturated carbocycles. The topological polar surface area (TPSA) is 22.0 Å². The molecule has 222 valence electrons. The number of benzene rings is 2. The highest BCUT2D eigenvalue weighted by molar-refractivity contribution is 6.04. The van der Waals surface area contributed by atoms with Crippen molar-refractivity contribution in [1.29, 1.82) is 0 Å². The highest BCUT2D eigenvalue weighted by atomic mass is 16.1. The van der Waals surface area contributed by atoms with Gasteiger partial charge in [0.15, 0.2) is 5.78 Å². The van der Waals surface area contributed by atoms with E-state index in [-0.39, 0.29) is 5.41 Å². The molecule has 3 aromatic rings. The molecule has 3 fully saturated rings. The molecule has 42 heavy (non-hydrogen) atoms. The molecule has 0 radical (unpaired) electrons. The second-order valence-electron chi connectivity index (χ2n) is 15.6. The van der Waals surface area contributed by atoms with Crippen LogP contribution in [0.2, 0.25) is 0 Å². The Balaban J connectivity index is 1.21. The number of aromatic nitrogens is 1. The summed E-state index contributed by atoms with van der Waals surface area (Å²) in [6.45, 7) is 13.2. The number of ketones is 1. The van der Waals surface area contributed by atoms with E-state index in [1.165, 1.54) is 72.7 Å². The van der Waals surface area contributed by atoms with Gasteiger partial charge in [-0.25, -0.2) is 0 Å². The molecule has 0 amide bonds. The molecule has 1 heterocycles. The Morgan fingerprint density at radius 2 is 1.67 bits per heavy atom. The molecule has 4 aliphatic carbocycles. The van der Waals surface area contributed by atoms with Crippen molar-refractivity contribution in [3.05, 3.63) is 77.0 Å². The first kappa shape index (κ1) is 28.2. The first-order valence-corrected chi connectivity index (χ1v) is 17.1. The lowest BCUT2D eigenvalue weighted by Crippen LogP contribution is -2.53. The van der Waals surface area contributed by atoms with Crippen molar-refractivity contribution in [1.82, 2.24) is 4.57 Å². The van der Waals surface area contributed by atoms with Gasteiger partial charge < -0.3 is 4.57 Å². The molecule has 7 unspecified atom stereocenters. The SMILES string of the molecule is CC(C)CCCC(C)C1CCC2C3CC(=O)C4=Cc5c(c6ccccc6n5Cc5ccccc5)CC4(C)C3CCC12C. The molecule has 0 aliphatic heterocycles. The van der Waals surface area contributed by atoms with Gasteiger partial charge in [-0.15, -0.1) is 0 Å². The molecule has 2 aromatic carbocycles. The molecule has 0 spiro atoms. The summed E-state index contributed by atoms with van der Waals surface area (Å²) < 4.78 is 2.48. The van der Waals surface area contributed by atoms with Gasteiger partial charge in [-0.05, 0) is 96.3 Å². The Morgan fingerprint density at radius 1 is 0.905 bits per heavy atom. The maximum atomic E-state index is 14.2. The lowest BCUT2D eigenvalue weighted by molar-refractivity contribution is -0.128. The Bertz CT molecular complexity index is 1510. The second kappa shape index (κ2) is 10.5. The summed E-state index contributed by atoms with van der Waals surface area (Å²) in [5.74, 6) is 4.73. The van der Waals surface area contributed by atoms with Crippen molar-refractivity contribution >= 4 is 22.8 Å². The highest BCUT2D eigenvalue weighted by Crippen LogP contribution is 2.67. The predicted octanol–water partition coefficient (Wildman–Crippen LogP) is 10.1. The minimum absolute atomic E-state index is 0.0585. The van der Waals surface area contributed by atoms with Crippen molar-refractivity contribution in [3.63, 3.8) is 0 Å². The molecule has 7 rings (SSSR count). The van der Waals surface area contributed by atoms with Gasteiger partial charge in [0, 0.05) is 40.6 Å². The van der Waals surface area contributed by atoms with E-state index in [9.17, 15) is 4.79 Å². The van der Waals surface area contributed by atoms with Gasteiger partial charge in [-0.3, -0.25) is 4.79 Å². The summed E-state index contributed by atoms with van der Waals surface area (Å²) in [6.07, 6.45) is 13.6. The monoisotopic (exact) mass is 561 g/mol. The fraction of sp³-hybridized carbons (Fsp3) is 0.575. The van der Waals surface area contributed by atoms with Crippen molar-refractivity contribution < 1.29 is 4.79 Å². The summed E-state index contributed by atoms with van der Waals surface area (Å²) in [5, 5.41) is 1.38. The normalized spacial score (nSPS) is 32.7. The van der Waals surface area contributed by atoms with Gasteiger partial charge in [-0.2, -0.15) is 0 Å². The van der Waals surface area contributed by atoms with Gasteiger partial charge in [-0.1, -0.05) is 102 Å². The molecule has 7 atom stereocenters. The largest absolute Gasteiger partial charge is 0.336 e. The van der Waals surface area contributed by atoms with Crippen LogP contribution in [0.4, 0.5) is 0 Å². The zero-order chi connectivity index (χ0) is 29.2. The molecular formula is C40H51NO. The standard InChI is InChI=1S/C40H51NO/c1-26(2)12-11-13-27(3)32-18-19-33-30-22-38(42)35-23-37-31(24-40(35,5)34(30)20-21-39(32,33)4)29-16-9-10-17-36(29)41(37)25-28-14-7-6-8-15-28/h6-10,14-17,23,26-27,30,32-34H,11-13,18-22,24-25H2,1-5H3. The fourth-order valence-corrected chi connectivity index (χ4v) is 10.9. The number of nitrogens with zero attached hydrogens (tertiary/aromatic N) is 1. The van der Waals surface area contributed by atoms with Crippen LogP contribution >= 0.6 is 0 Å². The van der Waals surface area contributed by atoms with Gasteiger partial charge in [0.1, 0.15) is 0 Å². The summed E-state index contributed by atoms with van der Waals surface area (Å²) in [6, 6.07) is 19.7. The van der Waals surface area contributed by atoms with E-state index in [1.807, 2.05) is 0 Å². The number of Topliss-reactive ketones (excluding diaryl/α,β-unsaturated/α-hetero) is 1. The summed E-state index contributed by atoms with van der Waals surface area (Å²) in [4.78, 5) is 14.2. The number of hydrogen-bond donors (Lipinski definition) is 0. The first-order valence-electron chi connectivity index (χ1n) is 17.1. The number of allylic oxidation sites excluding steroid dienone is 1. The van der Waals surface area contributed by atoms with E-state index in [1.54, 1.807) is 0 Å². The van der Waals surface area contributed by atoms with E-state index in [0.29, 0.717) is 29.0 Å². The lowest BCUT2D eigenvalue weighted by atomic mass is 9.46. The number of hydrogen-bond acceptors (Lipinski definition) is 1. The van der Waals surface area contributed by atoms with Crippen LogP contribution in [-0.2, 0) is 17.8 Å². The van der Waals surface area contributed by atoms with E-state index >= 15 is 0 Å². The van der Waals surface area contributed by atoms with Crippen molar-refractivity contribution in [3.8, 4) is 0 Å². The maximum Gasteiger partial charge on any atom is 0.159 e. The number of para-hydroxylation sites is 1. The van der Waals surface area contributed by atoms with E-state index in [2.05, 4.69) is 99.9 Å². The number of carbonyl (C=O) groups is 1. The van der Waals surface area contributed by atoms with Crippen LogP contribution in [0.15, 0.2) is 60.2 Å². The summed E-state index contributed by atoms with van der Waals surface area (Å²) >= 11 is 0. The summed E-state index contributed by atoms with van der Waals surface area (Å²) in [7, 11) is 0. The number of carbonyl (C=O) groups excluding carboxylic acids is 1. The predicted molar refractivity (Wildman–Crippen MR) is 175 cm³/mol. The lowest BCUT2D eigenvalue weighted by Gasteiger charge is -2.58. The third kappa shape index (κ3) is 4.37. The Hall–Kier alpha value is -2.61. The van der Waals surface area contributed by atoms with Crippen LogP contribution in [0, 0.1) is 46.3 Å². The van der Waals surface area contributed by atoms with E-state index in [4.69, 9.17) is 0 Å². The van der Waals surface area contributed by atoms with Crippen LogP contribution in [0.5, 0.6) is 0 Å². The van der Waals surface area contributed by atoms with Crippen molar-refractivity contribution in [2.75, 3.05) is 0 Å². The van der Waals surface area contributed by atoms with Crippen molar-refractivity contribution in [2.45, 2.75) is 99.0 Å². The average Bonchev–Trinajstić information content (AvgIpc) is 3.47. The van der Waals surface area contributed by atoms with Gasteiger partial charge in [0.05, 0.1) is 0 Å². The van der Waals surface area contributed by atoms with Crippen molar-refractivity contribution in [2.24, 2.45) is 46.3 Å². The zero-order valence-corrected chi connectivity index (χ0v) is 26.7. The van der Waals surface area contributed by atoms with Crippen LogP contribution in [0.25, 0.3) is 17.0 Å². The summed E-state index contributed by atoms with van der Waals surface area (Å²) in [5.41, 5.74) is 6.83. The maximum absolute atomic E-state index is 14.2. The smallest absolute Gasteiger partial charge is 0.159 e. The molecule has 4 aliphatic rings. The van der Waals surface area contributed by atoms with Crippen LogP contribution in [0.1, 0.15) is 103 Å². The molecule has 0 bridgehead atoms.